The summed E-state index contributed by atoms with van der Waals surface area (Å²) in [6, 6.07) is 2.62. The summed E-state index contributed by atoms with van der Waals surface area (Å²) in [6.45, 7) is 8.03. The van der Waals surface area contributed by atoms with E-state index in [4.69, 9.17) is 4.74 Å². The van der Waals surface area contributed by atoms with E-state index in [-0.39, 0.29) is 6.10 Å². The summed E-state index contributed by atoms with van der Waals surface area (Å²) in [7, 11) is 1.99. The van der Waals surface area contributed by atoms with Crippen LogP contribution in [0.1, 0.15) is 36.4 Å². The van der Waals surface area contributed by atoms with E-state index in [1.54, 1.807) is 0 Å². The van der Waals surface area contributed by atoms with Gasteiger partial charge in [0.15, 0.2) is 0 Å². The summed E-state index contributed by atoms with van der Waals surface area (Å²) < 4.78 is 9.93. The van der Waals surface area contributed by atoms with Gasteiger partial charge in [-0.2, -0.15) is 10.2 Å². The molecule has 0 amide bonds. The Morgan fingerprint density at radius 3 is 2.91 bits per heavy atom. The van der Waals surface area contributed by atoms with Crippen LogP contribution in [0.15, 0.2) is 18.5 Å². The molecule has 0 bridgehead atoms. The molecule has 2 aromatic heterocycles. The van der Waals surface area contributed by atoms with Gasteiger partial charge in [0.25, 0.3) is 0 Å². The minimum Gasteiger partial charge on any atom is -0.372 e. The summed E-state index contributed by atoms with van der Waals surface area (Å²) in [5.74, 6) is 0. The summed E-state index contributed by atoms with van der Waals surface area (Å²) in [5.41, 5.74) is 3.50. The van der Waals surface area contributed by atoms with Crippen LogP contribution in [0.4, 0.5) is 0 Å². The Hall–Kier alpha value is -1.66. The molecule has 1 fully saturated rings. The van der Waals surface area contributed by atoms with Crippen LogP contribution in [-0.2, 0) is 18.3 Å². The number of hydrogen-bond acceptors (Lipinski definition) is 4. The first kappa shape index (κ1) is 15.2. The van der Waals surface area contributed by atoms with Crippen LogP contribution < -0.4 is 5.32 Å². The summed E-state index contributed by atoms with van der Waals surface area (Å²) >= 11 is 0. The van der Waals surface area contributed by atoms with Crippen LogP contribution in [0, 0.1) is 13.8 Å². The fraction of sp³-hybridized carbons (Fsp3) is 0.625. The molecule has 3 heterocycles. The molecule has 0 radical (unpaired) electrons. The molecular weight excluding hydrogens is 278 g/mol. The predicted octanol–water partition coefficient (Wildman–Crippen LogP) is 1.74. The second-order valence-electron chi connectivity index (χ2n) is 6.19. The van der Waals surface area contributed by atoms with Gasteiger partial charge in [0.05, 0.1) is 12.2 Å². The van der Waals surface area contributed by atoms with Gasteiger partial charge in [0, 0.05) is 49.4 Å². The Morgan fingerprint density at radius 1 is 1.45 bits per heavy atom. The highest BCUT2D eigenvalue weighted by Gasteiger charge is 2.34. The number of nitrogens with one attached hydrogen (secondary N) is 1. The molecule has 1 aliphatic rings. The fourth-order valence-corrected chi connectivity index (χ4v) is 3.35. The number of rotatable bonds is 5. The van der Waals surface area contributed by atoms with E-state index in [1.165, 1.54) is 11.3 Å². The molecule has 1 saturated heterocycles. The van der Waals surface area contributed by atoms with E-state index in [1.807, 2.05) is 34.9 Å². The van der Waals surface area contributed by atoms with Gasteiger partial charge in [-0.3, -0.25) is 9.36 Å². The van der Waals surface area contributed by atoms with E-state index in [0.717, 1.165) is 25.3 Å². The van der Waals surface area contributed by atoms with E-state index in [9.17, 15) is 0 Å². The van der Waals surface area contributed by atoms with Crippen molar-refractivity contribution >= 4 is 0 Å². The zero-order valence-corrected chi connectivity index (χ0v) is 13.8. The van der Waals surface area contributed by atoms with Gasteiger partial charge in [-0.05, 0) is 33.3 Å². The van der Waals surface area contributed by atoms with Crippen LogP contribution in [0.5, 0.6) is 0 Å². The molecule has 1 N–H and O–H groups in total. The Morgan fingerprint density at radius 2 is 2.27 bits per heavy atom. The third-order valence-corrected chi connectivity index (χ3v) is 4.46. The largest absolute Gasteiger partial charge is 0.372 e. The molecule has 0 aliphatic carbocycles. The molecule has 120 valence electrons. The van der Waals surface area contributed by atoms with Crippen molar-refractivity contribution in [2.75, 3.05) is 6.61 Å². The van der Waals surface area contributed by atoms with Gasteiger partial charge in [0.2, 0.25) is 0 Å². The molecule has 3 atom stereocenters. The molecule has 3 rings (SSSR count). The molecule has 0 saturated carbocycles. The number of aromatic nitrogens is 4. The zero-order valence-electron chi connectivity index (χ0n) is 13.8. The predicted molar refractivity (Wildman–Crippen MR) is 84.6 cm³/mol. The lowest BCUT2D eigenvalue weighted by Crippen LogP contribution is -2.40. The zero-order chi connectivity index (χ0) is 15.7. The molecule has 22 heavy (non-hydrogen) atoms. The quantitative estimate of drug-likeness (QED) is 0.914. The Bertz CT molecular complexity index is 619. The van der Waals surface area contributed by atoms with Gasteiger partial charge in [0.1, 0.15) is 6.10 Å². The van der Waals surface area contributed by atoms with Gasteiger partial charge < -0.3 is 10.1 Å². The lowest BCUT2D eigenvalue weighted by molar-refractivity contribution is 0.0951. The Kier molecular flexibility index (Phi) is 4.31. The number of nitrogens with zero attached hydrogens (tertiary/aromatic N) is 4. The average molecular weight is 303 g/mol. The van der Waals surface area contributed by atoms with Crippen molar-refractivity contribution in [3.05, 3.63) is 35.4 Å². The molecule has 6 nitrogen and oxygen atoms in total. The van der Waals surface area contributed by atoms with Crippen molar-refractivity contribution in [1.29, 1.82) is 0 Å². The molecule has 6 heteroatoms. The monoisotopic (exact) mass is 303 g/mol. The van der Waals surface area contributed by atoms with Crippen molar-refractivity contribution in [3.8, 4) is 0 Å². The minimum absolute atomic E-state index is 0.0915. The SMILES string of the molecule is Cc1nn(C)c(C)c1[C@H]1OCC[C@@H]1N[C@@H](C)Cn1cccn1. The maximum absolute atomic E-state index is 6.02. The Labute approximate surface area is 131 Å². The van der Waals surface area contributed by atoms with Crippen LogP contribution in [0.25, 0.3) is 0 Å². The normalized spacial score (nSPS) is 23.1. The van der Waals surface area contributed by atoms with Crippen molar-refractivity contribution in [2.45, 2.75) is 51.9 Å². The molecule has 1 aliphatic heterocycles. The smallest absolute Gasteiger partial charge is 0.101 e. The first-order chi connectivity index (χ1) is 10.6. The van der Waals surface area contributed by atoms with Crippen molar-refractivity contribution in [1.82, 2.24) is 24.9 Å². The van der Waals surface area contributed by atoms with Crippen molar-refractivity contribution in [3.63, 3.8) is 0 Å². The highest BCUT2D eigenvalue weighted by atomic mass is 16.5. The Balaban J connectivity index is 1.70. The van der Waals surface area contributed by atoms with Gasteiger partial charge in [-0.15, -0.1) is 0 Å². The lowest BCUT2D eigenvalue weighted by Gasteiger charge is -2.24. The second-order valence-corrected chi connectivity index (χ2v) is 6.19. The standard InChI is InChI=1S/C16H25N5O/c1-11(10-21-8-5-7-17-21)18-14-6-9-22-16(14)15-12(2)19-20(4)13(15)3/h5,7-8,11,14,16,18H,6,9-10H2,1-4H3/t11-,14-,16-/m0/s1. The summed E-state index contributed by atoms with van der Waals surface area (Å²) in [4.78, 5) is 0. The van der Waals surface area contributed by atoms with Gasteiger partial charge >= 0.3 is 0 Å². The highest BCUT2D eigenvalue weighted by molar-refractivity contribution is 5.29. The first-order valence-electron chi connectivity index (χ1n) is 7.91. The number of ether oxygens (including phenoxy) is 1. The van der Waals surface area contributed by atoms with Crippen LogP contribution in [-0.4, -0.2) is 38.3 Å². The first-order valence-corrected chi connectivity index (χ1v) is 7.91. The van der Waals surface area contributed by atoms with Crippen molar-refractivity contribution < 1.29 is 4.74 Å². The molecular formula is C16H25N5O. The molecule has 0 spiro atoms. The van der Waals surface area contributed by atoms with E-state index in [0.29, 0.717) is 12.1 Å². The van der Waals surface area contributed by atoms with Crippen LogP contribution >= 0.6 is 0 Å². The molecule has 0 unspecified atom stereocenters. The fourth-order valence-electron chi connectivity index (χ4n) is 3.35. The van der Waals surface area contributed by atoms with Crippen LogP contribution in [0.3, 0.4) is 0 Å². The van der Waals surface area contributed by atoms with Crippen LogP contribution in [0.2, 0.25) is 0 Å². The summed E-state index contributed by atoms with van der Waals surface area (Å²) in [6.07, 6.45) is 4.93. The van der Waals surface area contributed by atoms with Gasteiger partial charge in [-0.1, -0.05) is 0 Å². The van der Waals surface area contributed by atoms with E-state index in [2.05, 4.69) is 36.3 Å². The maximum atomic E-state index is 6.02. The minimum atomic E-state index is 0.0915. The average Bonchev–Trinajstić information content (AvgIpc) is 3.15. The number of aryl methyl sites for hydroxylation is 2. The van der Waals surface area contributed by atoms with E-state index < -0.39 is 0 Å². The highest BCUT2D eigenvalue weighted by Crippen LogP contribution is 2.33. The lowest BCUT2D eigenvalue weighted by atomic mass is 9.99. The van der Waals surface area contributed by atoms with E-state index >= 15 is 0 Å². The van der Waals surface area contributed by atoms with Gasteiger partial charge in [-0.25, -0.2) is 0 Å². The molecule has 2 aromatic rings. The third kappa shape index (κ3) is 2.94. The third-order valence-electron chi connectivity index (χ3n) is 4.46. The molecule has 0 aromatic carbocycles. The second kappa shape index (κ2) is 6.22. The number of hydrogen-bond donors (Lipinski definition) is 1. The van der Waals surface area contributed by atoms with Crippen molar-refractivity contribution in [2.24, 2.45) is 7.05 Å². The maximum Gasteiger partial charge on any atom is 0.101 e. The topological polar surface area (TPSA) is 56.9 Å². The summed E-state index contributed by atoms with van der Waals surface area (Å²) in [5, 5.41) is 12.5.